The first kappa shape index (κ1) is 24.1. The van der Waals surface area contributed by atoms with E-state index in [9.17, 15) is 9.11 Å². The Morgan fingerprint density at radius 3 is 2.44 bits per heavy atom. The van der Waals surface area contributed by atoms with Crippen molar-refractivity contribution in [1.82, 2.24) is 25.5 Å². The van der Waals surface area contributed by atoms with Crippen molar-refractivity contribution in [2.75, 3.05) is 12.8 Å². The molecule has 0 aliphatic carbocycles. The van der Waals surface area contributed by atoms with Gasteiger partial charge in [0.1, 0.15) is 0 Å². The number of nitrogens with zero attached hydrogens (tertiary/aromatic N) is 4. The number of hydrogen-bond acceptors (Lipinski definition) is 9. The summed E-state index contributed by atoms with van der Waals surface area (Å²) in [5.41, 5.74) is 9.16. The summed E-state index contributed by atoms with van der Waals surface area (Å²) in [5, 5.41) is 11.3. The summed E-state index contributed by atoms with van der Waals surface area (Å²) >= 11 is 6.47. The lowest BCUT2D eigenvalue weighted by molar-refractivity contribution is 0.476. The topological polar surface area (TPSA) is 143 Å². The average molecular weight is 501 g/mol. The fourth-order valence-corrected chi connectivity index (χ4v) is 4.70. The van der Waals surface area contributed by atoms with E-state index in [0.29, 0.717) is 27.1 Å². The molecule has 0 spiro atoms. The maximum absolute atomic E-state index is 10.4. The maximum atomic E-state index is 10.4. The van der Waals surface area contributed by atoms with Crippen LogP contribution in [0.1, 0.15) is 19.4 Å². The molecular weight excluding hydrogens is 476 g/mol. The van der Waals surface area contributed by atoms with E-state index in [2.05, 4.69) is 25.5 Å². The number of nitrogens with one attached hydrogen (secondary N) is 1. The van der Waals surface area contributed by atoms with Crippen molar-refractivity contribution in [2.45, 2.75) is 30.5 Å². The summed E-state index contributed by atoms with van der Waals surface area (Å²) in [6, 6.07) is 12.6. The van der Waals surface area contributed by atoms with E-state index in [1.54, 1.807) is 26.0 Å². The molecule has 2 heterocycles. The highest BCUT2D eigenvalue weighted by atomic mass is 35.5. The summed E-state index contributed by atoms with van der Waals surface area (Å²) in [6.45, 7) is 4.24. The number of nitrogen functional groups attached to an aromatic ring is 1. The summed E-state index contributed by atoms with van der Waals surface area (Å²) in [6.07, 6.45) is 1.48. The van der Waals surface area contributed by atoms with Crippen LogP contribution in [0.25, 0.3) is 34.3 Å². The molecule has 0 radical (unpaired) electrons. The van der Waals surface area contributed by atoms with Gasteiger partial charge in [-0.25, -0.2) is 9.97 Å². The summed E-state index contributed by atoms with van der Waals surface area (Å²) < 4.78 is 26.7. The van der Waals surface area contributed by atoms with Gasteiger partial charge in [0.15, 0.2) is 11.5 Å². The lowest BCUT2D eigenvalue weighted by Gasteiger charge is -2.36. The molecule has 2 aromatic heterocycles. The molecule has 0 saturated carbocycles. The van der Waals surface area contributed by atoms with Gasteiger partial charge in [0.25, 0.3) is 5.89 Å². The Bertz CT molecular complexity index is 1310. The molecule has 0 aliphatic rings. The molecule has 0 atom stereocenters. The Kier molecular flexibility index (Phi) is 6.87. The maximum Gasteiger partial charge on any atom is 0.270 e. The third-order valence-electron chi connectivity index (χ3n) is 5.23. The van der Waals surface area contributed by atoms with E-state index in [-0.39, 0.29) is 22.7 Å². The zero-order valence-corrected chi connectivity index (χ0v) is 20.4. The van der Waals surface area contributed by atoms with Gasteiger partial charge in [-0.15, -0.1) is 10.2 Å². The molecule has 2 aromatic carbocycles. The molecular formula is C23H25ClN6O3S. The van der Waals surface area contributed by atoms with Crippen LogP contribution in [0.3, 0.4) is 0 Å². The summed E-state index contributed by atoms with van der Waals surface area (Å²) in [5.74, 6) is 0.590. The van der Waals surface area contributed by atoms with Gasteiger partial charge in [0, 0.05) is 22.9 Å². The zero-order valence-electron chi connectivity index (χ0n) is 18.9. The van der Waals surface area contributed by atoms with Gasteiger partial charge in [-0.1, -0.05) is 23.7 Å². The van der Waals surface area contributed by atoms with Crippen molar-refractivity contribution >= 4 is 28.0 Å². The van der Waals surface area contributed by atoms with E-state index in [0.717, 1.165) is 17.7 Å². The van der Waals surface area contributed by atoms with Gasteiger partial charge >= 0.3 is 0 Å². The van der Waals surface area contributed by atoms with Crippen LogP contribution in [0.2, 0.25) is 5.02 Å². The van der Waals surface area contributed by atoms with Gasteiger partial charge in [-0.2, -0.15) is 10.6 Å². The molecule has 9 nitrogen and oxygen atoms in total. The van der Waals surface area contributed by atoms with Crippen molar-refractivity contribution < 1.29 is 13.5 Å². The highest BCUT2D eigenvalue weighted by molar-refractivity contribution is 8.24. The van der Waals surface area contributed by atoms with Gasteiger partial charge in [0.2, 0.25) is 5.89 Å². The molecule has 0 amide bonds. The molecule has 11 heteroatoms. The molecule has 178 valence electrons. The van der Waals surface area contributed by atoms with Crippen molar-refractivity contribution in [1.29, 1.82) is 0 Å². The number of nitrogens with two attached hydrogens (primary N) is 1. The van der Waals surface area contributed by atoms with Crippen LogP contribution in [0.4, 0.5) is 5.82 Å². The molecule has 0 aliphatic heterocycles. The van der Waals surface area contributed by atoms with E-state index < -0.39 is 10.6 Å². The first-order valence-electron chi connectivity index (χ1n) is 10.5. The number of anilines is 1. The first-order valence-corrected chi connectivity index (χ1v) is 12.5. The number of halogens is 1. The Hall–Kier alpha value is -3.02. The molecule has 34 heavy (non-hydrogen) atoms. The minimum Gasteiger partial charge on any atom is -0.414 e. The van der Waals surface area contributed by atoms with E-state index in [4.69, 9.17) is 21.8 Å². The second kappa shape index (κ2) is 9.69. The third-order valence-corrected chi connectivity index (χ3v) is 7.81. The first-order chi connectivity index (χ1) is 16.2. The minimum atomic E-state index is -2.96. The highest BCUT2D eigenvalue weighted by Crippen LogP contribution is 2.53. The van der Waals surface area contributed by atoms with E-state index >= 15 is 0 Å². The minimum absolute atomic E-state index is 0.128. The van der Waals surface area contributed by atoms with Gasteiger partial charge in [-0.05, 0) is 56.8 Å². The van der Waals surface area contributed by atoms with Gasteiger partial charge in [-0.3, -0.25) is 9.11 Å². The predicted molar refractivity (Wildman–Crippen MR) is 135 cm³/mol. The van der Waals surface area contributed by atoms with Crippen LogP contribution in [0.5, 0.6) is 0 Å². The number of benzene rings is 2. The normalized spacial score (nSPS) is 12.3. The molecule has 5 N–H and O–H groups in total. The zero-order chi connectivity index (χ0) is 24.5. The Labute approximate surface area is 203 Å². The average Bonchev–Trinajstić information content (AvgIpc) is 3.30. The smallest absolute Gasteiger partial charge is 0.270 e. The fourth-order valence-electron chi connectivity index (χ4n) is 3.25. The Morgan fingerprint density at radius 2 is 1.79 bits per heavy atom. The fraction of sp³-hybridized carbons (Fsp3) is 0.217. The summed E-state index contributed by atoms with van der Waals surface area (Å²) in [7, 11) is -1.08. The molecule has 4 rings (SSSR count). The van der Waals surface area contributed by atoms with E-state index in [1.807, 2.05) is 31.3 Å². The van der Waals surface area contributed by atoms with Crippen molar-refractivity contribution in [2.24, 2.45) is 0 Å². The van der Waals surface area contributed by atoms with Crippen molar-refractivity contribution in [3.63, 3.8) is 0 Å². The van der Waals surface area contributed by atoms with Crippen LogP contribution >= 0.6 is 22.2 Å². The number of aromatic nitrogens is 4. The summed E-state index contributed by atoms with van der Waals surface area (Å²) in [4.78, 5) is 9.13. The van der Waals surface area contributed by atoms with Crippen LogP contribution < -0.4 is 11.1 Å². The Morgan fingerprint density at radius 1 is 1.09 bits per heavy atom. The standard InChI is InChI=1S/C23H25ClN6O3S/c1-13(2)34(31,32)16-8-9-17(18(24)10-16)19-12-27-21(25)20(28-19)23-30-29-22(33-23)15-6-4-14(5-7-15)11-26-3/h4-10,12-13,26,31-32H,11H2,1-3H3,(H2,25,27). The molecule has 0 saturated heterocycles. The quantitative estimate of drug-likeness (QED) is 0.264. The SMILES string of the molecule is CNCc1ccc(-c2nnc(-c3nc(-c4ccc(S(O)(O)C(C)C)cc4Cl)cnc3N)o2)cc1. The molecule has 0 bridgehead atoms. The second-order valence-corrected chi connectivity index (χ2v) is 10.9. The van der Waals surface area contributed by atoms with Crippen molar-refractivity contribution in [3.8, 4) is 34.3 Å². The van der Waals surface area contributed by atoms with Gasteiger partial charge in [0.05, 0.1) is 21.8 Å². The lowest BCUT2D eigenvalue weighted by Crippen LogP contribution is -2.10. The van der Waals surface area contributed by atoms with Crippen molar-refractivity contribution in [3.05, 3.63) is 59.2 Å². The predicted octanol–water partition coefficient (Wildman–Crippen LogP) is 5.33. The molecule has 0 unspecified atom stereocenters. The molecule has 4 aromatic rings. The number of hydrogen-bond donors (Lipinski definition) is 4. The van der Waals surface area contributed by atoms with Crippen LogP contribution in [-0.4, -0.2) is 41.6 Å². The highest BCUT2D eigenvalue weighted by Gasteiger charge is 2.22. The van der Waals surface area contributed by atoms with Crippen LogP contribution in [0.15, 0.2) is 58.0 Å². The van der Waals surface area contributed by atoms with Gasteiger partial charge < -0.3 is 15.5 Å². The monoisotopic (exact) mass is 500 g/mol. The van der Waals surface area contributed by atoms with E-state index in [1.165, 1.54) is 12.3 Å². The lowest BCUT2D eigenvalue weighted by atomic mass is 10.1. The second-order valence-electron chi connectivity index (χ2n) is 7.91. The van der Waals surface area contributed by atoms with Crippen LogP contribution in [0, 0.1) is 0 Å². The van der Waals surface area contributed by atoms with Crippen LogP contribution in [-0.2, 0) is 6.54 Å². The molecule has 0 fully saturated rings. The Balaban J connectivity index is 1.66. The number of rotatable bonds is 7. The third kappa shape index (κ3) is 4.77. The largest absolute Gasteiger partial charge is 0.414 e.